The van der Waals surface area contributed by atoms with Crippen LogP contribution in [-0.4, -0.2) is 31.3 Å². The van der Waals surface area contributed by atoms with E-state index in [-0.39, 0.29) is 24.0 Å². The zero-order valence-corrected chi connectivity index (χ0v) is 13.4. The van der Waals surface area contributed by atoms with Crippen LogP contribution in [0.3, 0.4) is 0 Å². The number of nitrogens with one attached hydrogen (secondary N) is 1. The topological polar surface area (TPSA) is 47.6 Å². The third-order valence-corrected chi connectivity index (χ3v) is 5.22. The highest BCUT2D eigenvalue weighted by atomic mass is 16.5. The molecule has 0 saturated heterocycles. The minimum atomic E-state index is -0.0329. The smallest absolute Gasteiger partial charge is 0.258 e. The molecule has 0 heterocycles. The van der Waals surface area contributed by atoms with Gasteiger partial charge in [0.15, 0.2) is 6.61 Å². The van der Waals surface area contributed by atoms with E-state index >= 15 is 0 Å². The van der Waals surface area contributed by atoms with Crippen molar-refractivity contribution in [2.75, 3.05) is 13.2 Å². The summed E-state index contributed by atoms with van der Waals surface area (Å²) < 4.78 is 11.4. The number of ether oxygens (including phenoxy) is 2. The summed E-state index contributed by atoms with van der Waals surface area (Å²) in [6.45, 7) is 4.85. The van der Waals surface area contributed by atoms with Gasteiger partial charge in [0.25, 0.3) is 5.91 Å². The lowest BCUT2D eigenvalue weighted by molar-refractivity contribution is -0.176. The van der Waals surface area contributed by atoms with Crippen LogP contribution in [0.25, 0.3) is 0 Å². The van der Waals surface area contributed by atoms with Crippen molar-refractivity contribution in [3.05, 3.63) is 29.8 Å². The van der Waals surface area contributed by atoms with Crippen molar-refractivity contribution in [1.82, 2.24) is 5.32 Å². The molecule has 4 nitrogen and oxygen atoms in total. The molecule has 1 aromatic rings. The van der Waals surface area contributed by atoms with E-state index in [2.05, 4.69) is 5.32 Å². The molecule has 1 aromatic carbocycles. The summed E-state index contributed by atoms with van der Waals surface area (Å²) in [5, 5.41) is 3.14. The average molecular weight is 303 g/mol. The van der Waals surface area contributed by atoms with Gasteiger partial charge in [-0.1, -0.05) is 24.6 Å². The summed E-state index contributed by atoms with van der Waals surface area (Å²) in [7, 11) is 0. The molecular weight excluding hydrogens is 278 g/mol. The van der Waals surface area contributed by atoms with Crippen molar-refractivity contribution in [3.8, 4) is 5.75 Å². The molecule has 2 fully saturated rings. The van der Waals surface area contributed by atoms with E-state index in [1.54, 1.807) is 0 Å². The SMILES string of the molecule is CCOC1CC(NC(=O)COc2ccccc2C)C12CCC2. The van der Waals surface area contributed by atoms with E-state index in [1.807, 2.05) is 38.1 Å². The highest BCUT2D eigenvalue weighted by Gasteiger charge is 2.59. The summed E-state index contributed by atoms with van der Waals surface area (Å²) in [5.41, 5.74) is 1.25. The predicted molar refractivity (Wildman–Crippen MR) is 84.9 cm³/mol. The van der Waals surface area contributed by atoms with Crippen LogP contribution in [0.1, 0.15) is 38.2 Å². The molecule has 0 bridgehead atoms. The number of carbonyl (C=O) groups excluding carboxylic acids is 1. The molecule has 2 unspecified atom stereocenters. The lowest BCUT2D eigenvalue weighted by atomic mass is 9.51. The number of carbonyl (C=O) groups is 1. The van der Waals surface area contributed by atoms with E-state index in [1.165, 1.54) is 19.3 Å². The Morgan fingerprint density at radius 3 is 2.77 bits per heavy atom. The molecule has 4 heteroatoms. The molecule has 2 aliphatic rings. The predicted octanol–water partition coefficient (Wildman–Crippen LogP) is 2.84. The number of benzene rings is 1. The third kappa shape index (κ3) is 2.72. The molecule has 1 spiro atoms. The highest BCUT2D eigenvalue weighted by molar-refractivity contribution is 5.78. The van der Waals surface area contributed by atoms with Crippen molar-refractivity contribution in [1.29, 1.82) is 0 Å². The van der Waals surface area contributed by atoms with Gasteiger partial charge in [-0.3, -0.25) is 4.79 Å². The molecular formula is C18H25NO3. The number of aryl methyl sites for hydroxylation is 1. The fourth-order valence-electron chi connectivity index (χ4n) is 3.74. The zero-order chi connectivity index (χ0) is 15.6. The first-order chi connectivity index (χ1) is 10.7. The van der Waals surface area contributed by atoms with Crippen LogP contribution in [0.15, 0.2) is 24.3 Å². The Morgan fingerprint density at radius 1 is 1.36 bits per heavy atom. The monoisotopic (exact) mass is 303 g/mol. The van der Waals surface area contributed by atoms with Crippen LogP contribution in [0.2, 0.25) is 0 Å². The summed E-state index contributed by atoms with van der Waals surface area (Å²) >= 11 is 0. The summed E-state index contributed by atoms with van der Waals surface area (Å²) in [6.07, 6.45) is 4.84. The third-order valence-electron chi connectivity index (χ3n) is 5.22. The summed E-state index contributed by atoms with van der Waals surface area (Å²) in [5.74, 6) is 0.742. The van der Waals surface area contributed by atoms with Crippen LogP contribution < -0.4 is 10.1 Å². The second-order valence-corrected chi connectivity index (χ2v) is 6.44. The normalized spacial score (nSPS) is 25.2. The molecule has 2 aliphatic carbocycles. The minimum Gasteiger partial charge on any atom is -0.484 e. The van der Waals surface area contributed by atoms with E-state index in [0.29, 0.717) is 6.10 Å². The van der Waals surface area contributed by atoms with Crippen molar-refractivity contribution < 1.29 is 14.3 Å². The summed E-state index contributed by atoms with van der Waals surface area (Å²) in [4.78, 5) is 12.1. The van der Waals surface area contributed by atoms with Crippen molar-refractivity contribution in [2.45, 2.75) is 51.7 Å². The number of hydrogen-bond donors (Lipinski definition) is 1. The molecule has 0 aliphatic heterocycles. The standard InChI is InChI=1S/C18H25NO3/c1-3-21-16-11-15(18(16)9-6-10-18)19-17(20)12-22-14-8-5-4-7-13(14)2/h4-5,7-8,15-16H,3,6,9-12H2,1-2H3,(H,19,20). The van der Waals surface area contributed by atoms with E-state index in [0.717, 1.165) is 24.3 Å². The lowest BCUT2D eigenvalue weighted by Crippen LogP contribution is -2.68. The Morgan fingerprint density at radius 2 is 2.14 bits per heavy atom. The first-order valence-corrected chi connectivity index (χ1v) is 8.25. The van der Waals surface area contributed by atoms with Gasteiger partial charge in [-0.05, 0) is 44.7 Å². The Balaban J connectivity index is 1.49. The highest BCUT2D eigenvalue weighted by Crippen LogP contribution is 2.57. The average Bonchev–Trinajstić information content (AvgIpc) is 2.43. The van der Waals surface area contributed by atoms with Gasteiger partial charge in [-0.2, -0.15) is 0 Å². The van der Waals surface area contributed by atoms with Gasteiger partial charge in [0.05, 0.1) is 6.10 Å². The van der Waals surface area contributed by atoms with E-state index < -0.39 is 0 Å². The van der Waals surface area contributed by atoms with Crippen LogP contribution in [0, 0.1) is 12.3 Å². The zero-order valence-electron chi connectivity index (χ0n) is 13.4. The molecule has 1 N–H and O–H groups in total. The Labute approximate surface area is 132 Å². The van der Waals surface area contributed by atoms with Gasteiger partial charge in [0.1, 0.15) is 5.75 Å². The maximum Gasteiger partial charge on any atom is 0.258 e. The molecule has 22 heavy (non-hydrogen) atoms. The van der Waals surface area contributed by atoms with Crippen molar-refractivity contribution in [2.24, 2.45) is 5.41 Å². The number of rotatable bonds is 6. The minimum absolute atomic E-state index is 0.0329. The molecule has 1 amide bonds. The fourth-order valence-corrected chi connectivity index (χ4v) is 3.74. The molecule has 2 atom stereocenters. The van der Waals surface area contributed by atoms with Crippen molar-refractivity contribution in [3.63, 3.8) is 0 Å². The van der Waals surface area contributed by atoms with Gasteiger partial charge in [-0.15, -0.1) is 0 Å². The Hall–Kier alpha value is -1.55. The van der Waals surface area contributed by atoms with E-state index in [9.17, 15) is 4.79 Å². The van der Waals surface area contributed by atoms with Gasteiger partial charge >= 0.3 is 0 Å². The molecule has 0 aromatic heterocycles. The van der Waals surface area contributed by atoms with Crippen LogP contribution in [0.4, 0.5) is 0 Å². The maximum atomic E-state index is 12.1. The molecule has 0 radical (unpaired) electrons. The van der Waals surface area contributed by atoms with Crippen LogP contribution in [-0.2, 0) is 9.53 Å². The Bertz CT molecular complexity index is 539. The van der Waals surface area contributed by atoms with Crippen LogP contribution >= 0.6 is 0 Å². The van der Waals surface area contributed by atoms with Gasteiger partial charge in [-0.25, -0.2) is 0 Å². The number of hydrogen-bond acceptors (Lipinski definition) is 3. The number of amides is 1. The van der Waals surface area contributed by atoms with E-state index in [4.69, 9.17) is 9.47 Å². The fraction of sp³-hybridized carbons (Fsp3) is 0.611. The first-order valence-electron chi connectivity index (χ1n) is 8.25. The summed E-state index contributed by atoms with van der Waals surface area (Å²) in [6, 6.07) is 8.01. The van der Waals surface area contributed by atoms with Crippen molar-refractivity contribution >= 4 is 5.91 Å². The first kappa shape index (κ1) is 15.3. The van der Waals surface area contributed by atoms with Gasteiger partial charge in [0, 0.05) is 18.1 Å². The number of para-hydroxylation sites is 1. The van der Waals surface area contributed by atoms with Gasteiger partial charge in [0.2, 0.25) is 0 Å². The largest absolute Gasteiger partial charge is 0.484 e. The van der Waals surface area contributed by atoms with Crippen LogP contribution in [0.5, 0.6) is 5.75 Å². The second kappa shape index (κ2) is 6.29. The Kier molecular flexibility index (Phi) is 4.39. The lowest BCUT2D eigenvalue weighted by Gasteiger charge is -2.60. The quantitative estimate of drug-likeness (QED) is 0.879. The van der Waals surface area contributed by atoms with Gasteiger partial charge < -0.3 is 14.8 Å². The maximum absolute atomic E-state index is 12.1. The molecule has 3 rings (SSSR count). The second-order valence-electron chi connectivity index (χ2n) is 6.44. The molecule has 120 valence electrons. The molecule has 2 saturated carbocycles.